The Balaban J connectivity index is 2.52. The number of alkyl halides is 3. The van der Waals surface area contributed by atoms with Crippen molar-refractivity contribution in [1.82, 2.24) is 10.3 Å². The van der Waals surface area contributed by atoms with Gasteiger partial charge >= 0.3 is 6.18 Å². The molecule has 1 aromatic heterocycles. The van der Waals surface area contributed by atoms with Crippen molar-refractivity contribution in [3.05, 3.63) is 22.8 Å². The van der Waals surface area contributed by atoms with Crippen LogP contribution in [0.25, 0.3) is 0 Å². The van der Waals surface area contributed by atoms with E-state index >= 15 is 0 Å². The van der Waals surface area contributed by atoms with Gasteiger partial charge in [-0.1, -0.05) is 11.6 Å². The molecule has 0 radical (unpaired) electrons. The van der Waals surface area contributed by atoms with E-state index in [2.05, 4.69) is 10.3 Å². The van der Waals surface area contributed by atoms with Crippen molar-refractivity contribution in [2.24, 2.45) is 0 Å². The van der Waals surface area contributed by atoms with Crippen LogP contribution in [-0.2, 0) is 15.8 Å². The van der Waals surface area contributed by atoms with E-state index in [0.29, 0.717) is 6.07 Å². The number of nitrogens with one attached hydrogen (secondary N) is 1. The zero-order valence-electron chi connectivity index (χ0n) is 11.1. The number of hydrogen-bond donors (Lipinski definition) is 1. The second-order valence-electron chi connectivity index (χ2n) is 5.06. The van der Waals surface area contributed by atoms with Crippen LogP contribution >= 0.6 is 11.6 Å². The van der Waals surface area contributed by atoms with Gasteiger partial charge in [-0.25, -0.2) is 4.98 Å². The summed E-state index contributed by atoms with van der Waals surface area (Å²) >= 11 is 5.62. The number of anilines is 1. The zero-order valence-corrected chi connectivity index (χ0v) is 11.8. The van der Waals surface area contributed by atoms with E-state index in [1.807, 2.05) is 0 Å². The fraction of sp³-hybridized carbons (Fsp3) is 0.417. The first kappa shape index (κ1) is 15.6. The molecule has 1 aliphatic heterocycles. The third kappa shape index (κ3) is 2.94. The lowest BCUT2D eigenvalue weighted by Crippen LogP contribution is -2.64. The number of hydrogen-bond acceptors (Lipinski definition) is 4. The fourth-order valence-corrected chi connectivity index (χ4v) is 2.14. The fourth-order valence-electron chi connectivity index (χ4n) is 1.94. The molecule has 1 N–H and O–H groups in total. The standard InChI is InChI=1S/C12H11ClF3N3O2/c1-11(2)10(21)18-9(20)5-19(11)8-4-6(12(14,15)16)3-7(13)17-8/h3-4H,5H2,1-2H3,(H,18,20,21). The number of halogens is 4. The van der Waals surface area contributed by atoms with E-state index in [0.717, 1.165) is 6.07 Å². The molecule has 0 aromatic carbocycles. The lowest BCUT2D eigenvalue weighted by molar-refractivity contribution is -0.137. The van der Waals surface area contributed by atoms with E-state index in [4.69, 9.17) is 11.6 Å². The van der Waals surface area contributed by atoms with E-state index in [9.17, 15) is 22.8 Å². The molecule has 5 nitrogen and oxygen atoms in total. The Bertz CT molecular complexity index is 616. The van der Waals surface area contributed by atoms with Crippen molar-refractivity contribution < 1.29 is 22.8 Å². The van der Waals surface area contributed by atoms with Crippen LogP contribution in [0.5, 0.6) is 0 Å². The van der Waals surface area contributed by atoms with Crippen LogP contribution in [0.15, 0.2) is 12.1 Å². The average Bonchev–Trinajstić information content (AvgIpc) is 2.32. The van der Waals surface area contributed by atoms with Crippen molar-refractivity contribution in [3.63, 3.8) is 0 Å². The number of aromatic nitrogens is 1. The van der Waals surface area contributed by atoms with Crippen molar-refractivity contribution >= 4 is 29.2 Å². The monoisotopic (exact) mass is 321 g/mol. The molecule has 9 heteroatoms. The van der Waals surface area contributed by atoms with Crippen LogP contribution in [0.2, 0.25) is 5.15 Å². The van der Waals surface area contributed by atoms with Crippen molar-refractivity contribution in [1.29, 1.82) is 0 Å². The lowest BCUT2D eigenvalue weighted by Gasteiger charge is -2.41. The summed E-state index contributed by atoms with van der Waals surface area (Å²) in [5.74, 6) is -1.41. The highest BCUT2D eigenvalue weighted by Crippen LogP contribution is 2.34. The van der Waals surface area contributed by atoms with Gasteiger partial charge in [0.2, 0.25) is 5.91 Å². The van der Waals surface area contributed by atoms with E-state index in [1.54, 1.807) is 0 Å². The molecule has 21 heavy (non-hydrogen) atoms. The topological polar surface area (TPSA) is 62.3 Å². The maximum atomic E-state index is 12.8. The summed E-state index contributed by atoms with van der Waals surface area (Å²) in [6.07, 6.45) is -4.60. The van der Waals surface area contributed by atoms with Crippen molar-refractivity contribution in [2.75, 3.05) is 11.4 Å². The van der Waals surface area contributed by atoms with Gasteiger partial charge in [-0.3, -0.25) is 14.9 Å². The van der Waals surface area contributed by atoms with Crippen LogP contribution in [-0.4, -0.2) is 28.9 Å². The third-order valence-electron chi connectivity index (χ3n) is 3.17. The first-order chi connectivity index (χ1) is 9.51. The summed E-state index contributed by atoms with van der Waals surface area (Å²) in [4.78, 5) is 28.3. The van der Waals surface area contributed by atoms with Gasteiger partial charge in [0.15, 0.2) is 0 Å². The highest BCUT2D eigenvalue weighted by Gasteiger charge is 2.42. The predicted octanol–water partition coefficient (Wildman–Crippen LogP) is 2.00. The first-order valence-corrected chi connectivity index (χ1v) is 6.26. The van der Waals surface area contributed by atoms with E-state index in [1.165, 1.54) is 18.7 Å². The normalized spacial score (nSPS) is 18.7. The Hall–Kier alpha value is -1.83. The number of amides is 2. The van der Waals surface area contributed by atoms with Gasteiger partial charge in [0.1, 0.15) is 16.5 Å². The van der Waals surface area contributed by atoms with E-state index < -0.39 is 29.1 Å². The number of carbonyl (C=O) groups excluding carboxylic acids is 2. The van der Waals surface area contributed by atoms with Crippen LogP contribution < -0.4 is 10.2 Å². The van der Waals surface area contributed by atoms with Crippen molar-refractivity contribution in [3.8, 4) is 0 Å². The van der Waals surface area contributed by atoms with Gasteiger partial charge in [-0.15, -0.1) is 0 Å². The second-order valence-corrected chi connectivity index (χ2v) is 5.44. The molecular formula is C12H11ClF3N3O2. The molecule has 1 saturated heterocycles. The summed E-state index contributed by atoms with van der Waals surface area (Å²) in [5, 5.41) is 1.76. The molecule has 2 heterocycles. The molecule has 0 unspecified atom stereocenters. The van der Waals surface area contributed by atoms with Gasteiger partial charge in [-0.2, -0.15) is 13.2 Å². The number of nitrogens with zero attached hydrogens (tertiary/aromatic N) is 2. The van der Waals surface area contributed by atoms with Crippen LogP contribution in [0.3, 0.4) is 0 Å². The Morgan fingerprint density at radius 1 is 1.33 bits per heavy atom. The van der Waals surface area contributed by atoms with Gasteiger partial charge < -0.3 is 4.90 Å². The summed E-state index contributed by atoms with van der Waals surface area (Å²) in [7, 11) is 0. The number of piperazine rings is 1. The largest absolute Gasteiger partial charge is 0.416 e. The third-order valence-corrected chi connectivity index (χ3v) is 3.36. The molecular weight excluding hydrogens is 311 g/mol. The Labute approximate surface area is 123 Å². The summed E-state index contributed by atoms with van der Waals surface area (Å²) in [6, 6.07) is 1.45. The quantitative estimate of drug-likeness (QED) is 0.635. The molecule has 0 spiro atoms. The molecule has 0 saturated carbocycles. The van der Waals surface area contributed by atoms with Crippen LogP contribution in [0, 0.1) is 0 Å². The van der Waals surface area contributed by atoms with Gasteiger partial charge in [0.05, 0.1) is 12.1 Å². The molecule has 0 aliphatic carbocycles. The highest BCUT2D eigenvalue weighted by atomic mass is 35.5. The maximum Gasteiger partial charge on any atom is 0.416 e. The van der Waals surface area contributed by atoms with Gasteiger partial charge in [-0.05, 0) is 26.0 Å². The second kappa shape index (κ2) is 4.87. The van der Waals surface area contributed by atoms with E-state index in [-0.39, 0.29) is 17.5 Å². The predicted molar refractivity (Wildman–Crippen MR) is 68.8 cm³/mol. The smallest absolute Gasteiger partial charge is 0.333 e. The maximum absolute atomic E-state index is 12.8. The highest BCUT2D eigenvalue weighted by molar-refractivity contribution is 6.29. The number of carbonyl (C=O) groups is 2. The van der Waals surface area contributed by atoms with Crippen molar-refractivity contribution in [2.45, 2.75) is 25.6 Å². The SMILES string of the molecule is CC1(C)C(=O)NC(=O)CN1c1cc(C(F)(F)F)cc(Cl)n1. The molecule has 2 amide bonds. The zero-order chi connectivity index (χ0) is 16.0. The lowest BCUT2D eigenvalue weighted by atomic mass is 9.98. The summed E-state index contributed by atoms with van der Waals surface area (Å²) in [5.41, 5.74) is -2.22. The summed E-state index contributed by atoms with van der Waals surface area (Å²) in [6.45, 7) is 2.67. The van der Waals surface area contributed by atoms with Gasteiger partial charge in [0, 0.05) is 0 Å². The molecule has 1 aromatic rings. The first-order valence-electron chi connectivity index (χ1n) is 5.88. The number of pyridine rings is 1. The molecule has 114 valence electrons. The number of imide groups is 1. The average molecular weight is 322 g/mol. The molecule has 1 aliphatic rings. The molecule has 0 bridgehead atoms. The molecule has 2 rings (SSSR count). The van der Waals surface area contributed by atoms with Crippen LogP contribution in [0.1, 0.15) is 19.4 Å². The summed E-state index contributed by atoms with van der Waals surface area (Å²) < 4.78 is 38.4. The number of rotatable bonds is 1. The van der Waals surface area contributed by atoms with Gasteiger partial charge in [0.25, 0.3) is 5.91 Å². The minimum Gasteiger partial charge on any atom is -0.333 e. The minimum atomic E-state index is -4.60. The molecule has 1 fully saturated rings. The Kier molecular flexibility index (Phi) is 3.61. The Morgan fingerprint density at radius 2 is 1.95 bits per heavy atom. The Morgan fingerprint density at radius 3 is 2.52 bits per heavy atom. The molecule has 0 atom stereocenters. The minimum absolute atomic E-state index is 0.178. The van der Waals surface area contributed by atoms with Crippen LogP contribution in [0.4, 0.5) is 19.0 Å².